The molecule has 1 aromatic carbocycles. The van der Waals surface area contributed by atoms with Crippen LogP contribution in [0.2, 0.25) is 0 Å². The van der Waals surface area contributed by atoms with Crippen LogP contribution in [0.4, 0.5) is 0 Å². The lowest BCUT2D eigenvalue weighted by Gasteiger charge is -2.36. The van der Waals surface area contributed by atoms with E-state index in [2.05, 4.69) is 28.4 Å². The van der Waals surface area contributed by atoms with Crippen molar-refractivity contribution < 1.29 is 9.53 Å². The van der Waals surface area contributed by atoms with Gasteiger partial charge in [0.1, 0.15) is 0 Å². The summed E-state index contributed by atoms with van der Waals surface area (Å²) >= 11 is 0. The number of nitrogens with one attached hydrogen (secondary N) is 1. The van der Waals surface area contributed by atoms with Crippen LogP contribution in [0, 0.1) is 5.92 Å². The summed E-state index contributed by atoms with van der Waals surface area (Å²) in [5.41, 5.74) is 2.43. The monoisotopic (exact) mass is 338 g/mol. The summed E-state index contributed by atoms with van der Waals surface area (Å²) in [5.74, 6) is 0.477. The van der Waals surface area contributed by atoms with Crippen LogP contribution in [0.15, 0.2) is 24.3 Å². The first-order chi connectivity index (χ1) is 10.8. The fourth-order valence-electron chi connectivity index (χ4n) is 3.71. The maximum atomic E-state index is 12.3. The molecule has 1 aromatic rings. The Kier molecular flexibility index (Phi) is 6.88. The zero-order valence-corrected chi connectivity index (χ0v) is 14.6. The Morgan fingerprint density at radius 2 is 2.22 bits per heavy atom. The topological polar surface area (TPSA) is 41.6 Å². The number of esters is 1. The first kappa shape index (κ1) is 18.2. The number of ether oxygens (including phenoxy) is 1. The van der Waals surface area contributed by atoms with Crippen molar-refractivity contribution in [3.63, 3.8) is 0 Å². The molecule has 0 saturated carbocycles. The Hall–Kier alpha value is -1.10. The van der Waals surface area contributed by atoms with E-state index in [0.717, 1.165) is 38.3 Å². The highest BCUT2D eigenvalue weighted by Gasteiger charge is 2.32. The zero-order chi connectivity index (χ0) is 15.4. The van der Waals surface area contributed by atoms with Crippen molar-refractivity contribution in [1.82, 2.24) is 10.2 Å². The fraction of sp³-hybridized carbons (Fsp3) is 0.611. The summed E-state index contributed by atoms with van der Waals surface area (Å²) in [6, 6.07) is 8.31. The standard InChI is InChI=1S/C18H26N2O2.ClH/c1-2-22-18(21)17-13-20(11-14-6-5-9-19-10-14)12-15-7-3-4-8-16(15)17;/h3-4,7-8,14,17,19H,2,5-6,9-13H2,1H3;1H. The maximum Gasteiger partial charge on any atom is 0.314 e. The van der Waals surface area contributed by atoms with Gasteiger partial charge in [0.15, 0.2) is 0 Å². The van der Waals surface area contributed by atoms with Crippen molar-refractivity contribution in [2.45, 2.75) is 32.2 Å². The molecular formula is C18H27ClN2O2. The second kappa shape index (κ2) is 8.67. The smallest absolute Gasteiger partial charge is 0.314 e. The van der Waals surface area contributed by atoms with Crippen LogP contribution >= 0.6 is 12.4 Å². The van der Waals surface area contributed by atoms with Crippen molar-refractivity contribution in [1.29, 1.82) is 0 Å². The number of hydrogen-bond donors (Lipinski definition) is 1. The van der Waals surface area contributed by atoms with Crippen LogP contribution in [0.3, 0.4) is 0 Å². The Morgan fingerprint density at radius 3 is 2.96 bits per heavy atom. The third-order valence-corrected chi connectivity index (χ3v) is 4.75. The number of rotatable bonds is 4. The molecule has 2 aliphatic heterocycles. The van der Waals surface area contributed by atoms with Gasteiger partial charge in [-0.3, -0.25) is 9.69 Å². The van der Waals surface area contributed by atoms with Crippen LogP contribution < -0.4 is 5.32 Å². The molecule has 2 atom stereocenters. The van der Waals surface area contributed by atoms with Gasteiger partial charge in [0.05, 0.1) is 12.5 Å². The summed E-state index contributed by atoms with van der Waals surface area (Å²) in [6.07, 6.45) is 2.55. The summed E-state index contributed by atoms with van der Waals surface area (Å²) in [5, 5.41) is 3.48. The van der Waals surface area contributed by atoms with Gasteiger partial charge in [0.2, 0.25) is 0 Å². The molecule has 3 rings (SSSR count). The molecule has 1 saturated heterocycles. The molecule has 2 aliphatic rings. The van der Waals surface area contributed by atoms with Gasteiger partial charge in [0.25, 0.3) is 0 Å². The van der Waals surface area contributed by atoms with Gasteiger partial charge in [-0.15, -0.1) is 12.4 Å². The number of halogens is 1. The number of benzene rings is 1. The molecule has 0 aliphatic carbocycles. The lowest BCUT2D eigenvalue weighted by atomic mass is 9.88. The van der Waals surface area contributed by atoms with E-state index in [0.29, 0.717) is 12.5 Å². The average molecular weight is 339 g/mol. The second-order valence-corrected chi connectivity index (χ2v) is 6.41. The summed E-state index contributed by atoms with van der Waals surface area (Å²) in [4.78, 5) is 14.8. The first-order valence-electron chi connectivity index (χ1n) is 8.45. The summed E-state index contributed by atoms with van der Waals surface area (Å²) in [7, 11) is 0. The molecule has 23 heavy (non-hydrogen) atoms. The molecule has 128 valence electrons. The average Bonchev–Trinajstić information content (AvgIpc) is 2.55. The van der Waals surface area contributed by atoms with Gasteiger partial charge in [0, 0.05) is 19.6 Å². The normalized spacial score (nSPS) is 24.4. The predicted octanol–water partition coefficient (Wildman–Crippen LogP) is 2.57. The van der Waals surface area contributed by atoms with E-state index in [9.17, 15) is 4.79 Å². The molecule has 5 heteroatoms. The second-order valence-electron chi connectivity index (χ2n) is 6.41. The van der Waals surface area contributed by atoms with Crippen LogP contribution in [0.5, 0.6) is 0 Å². The molecular weight excluding hydrogens is 312 g/mol. The Labute approximate surface area is 145 Å². The molecule has 1 N–H and O–H groups in total. The summed E-state index contributed by atoms with van der Waals surface area (Å²) < 4.78 is 5.30. The number of piperidine rings is 1. The SMILES string of the molecule is CCOC(=O)C1CN(CC2CCCNC2)Cc2ccccc21.Cl. The number of hydrogen-bond acceptors (Lipinski definition) is 4. The van der Waals surface area contributed by atoms with Gasteiger partial charge in [-0.05, 0) is 49.9 Å². The highest BCUT2D eigenvalue weighted by atomic mass is 35.5. The minimum atomic E-state index is -0.138. The quantitative estimate of drug-likeness (QED) is 0.857. The van der Waals surface area contributed by atoms with Crippen LogP contribution in [0.25, 0.3) is 0 Å². The number of carbonyl (C=O) groups is 1. The lowest BCUT2D eigenvalue weighted by molar-refractivity contribution is -0.145. The van der Waals surface area contributed by atoms with Crippen LogP contribution in [-0.2, 0) is 16.1 Å². The van der Waals surface area contributed by atoms with Gasteiger partial charge in [-0.25, -0.2) is 0 Å². The third kappa shape index (κ3) is 4.46. The molecule has 0 bridgehead atoms. The molecule has 0 aromatic heterocycles. The summed E-state index contributed by atoms with van der Waals surface area (Å²) in [6.45, 7) is 7.36. The van der Waals surface area contributed by atoms with Crippen molar-refractivity contribution in [3.05, 3.63) is 35.4 Å². The van der Waals surface area contributed by atoms with Crippen molar-refractivity contribution in [2.75, 3.05) is 32.8 Å². The number of nitrogens with zero attached hydrogens (tertiary/aromatic N) is 1. The van der Waals surface area contributed by atoms with E-state index in [-0.39, 0.29) is 24.3 Å². The lowest BCUT2D eigenvalue weighted by Crippen LogP contribution is -2.43. The van der Waals surface area contributed by atoms with Gasteiger partial charge in [-0.2, -0.15) is 0 Å². The fourth-order valence-corrected chi connectivity index (χ4v) is 3.71. The predicted molar refractivity (Wildman–Crippen MR) is 93.9 cm³/mol. The Balaban J connectivity index is 0.00000192. The highest BCUT2D eigenvalue weighted by Crippen LogP contribution is 2.30. The Morgan fingerprint density at radius 1 is 1.39 bits per heavy atom. The molecule has 0 radical (unpaired) electrons. The highest BCUT2D eigenvalue weighted by molar-refractivity contribution is 5.85. The first-order valence-corrected chi connectivity index (χ1v) is 8.45. The third-order valence-electron chi connectivity index (χ3n) is 4.75. The number of fused-ring (bicyclic) bond motifs is 1. The Bertz CT molecular complexity index is 517. The van der Waals surface area contributed by atoms with Gasteiger partial charge >= 0.3 is 5.97 Å². The van der Waals surface area contributed by atoms with E-state index in [4.69, 9.17) is 4.74 Å². The maximum absolute atomic E-state index is 12.3. The van der Waals surface area contributed by atoms with E-state index in [1.165, 1.54) is 18.4 Å². The van der Waals surface area contributed by atoms with Crippen molar-refractivity contribution in [3.8, 4) is 0 Å². The molecule has 0 amide bonds. The molecule has 4 nitrogen and oxygen atoms in total. The molecule has 2 heterocycles. The molecule has 0 spiro atoms. The zero-order valence-electron chi connectivity index (χ0n) is 13.8. The van der Waals surface area contributed by atoms with Crippen LogP contribution in [-0.4, -0.2) is 43.7 Å². The minimum absolute atomic E-state index is 0. The minimum Gasteiger partial charge on any atom is -0.465 e. The van der Waals surface area contributed by atoms with Gasteiger partial charge < -0.3 is 10.1 Å². The van der Waals surface area contributed by atoms with E-state index >= 15 is 0 Å². The van der Waals surface area contributed by atoms with E-state index in [1.54, 1.807) is 0 Å². The number of carbonyl (C=O) groups excluding carboxylic acids is 1. The van der Waals surface area contributed by atoms with E-state index < -0.39 is 0 Å². The van der Waals surface area contributed by atoms with Crippen LogP contribution in [0.1, 0.15) is 36.8 Å². The van der Waals surface area contributed by atoms with E-state index in [1.807, 2.05) is 13.0 Å². The molecule has 1 fully saturated rings. The largest absolute Gasteiger partial charge is 0.465 e. The van der Waals surface area contributed by atoms with Crippen molar-refractivity contribution in [2.24, 2.45) is 5.92 Å². The van der Waals surface area contributed by atoms with Gasteiger partial charge in [-0.1, -0.05) is 24.3 Å². The van der Waals surface area contributed by atoms with Crippen molar-refractivity contribution >= 4 is 18.4 Å². The molecule has 2 unspecified atom stereocenters.